The summed E-state index contributed by atoms with van der Waals surface area (Å²) in [6, 6.07) is 8.11. The van der Waals surface area contributed by atoms with Crippen LogP contribution in [0.5, 0.6) is 0 Å². The molecule has 1 aromatic heterocycles. The molecule has 0 bridgehead atoms. The van der Waals surface area contributed by atoms with E-state index >= 15 is 0 Å². The molecule has 0 amide bonds. The van der Waals surface area contributed by atoms with Crippen LogP contribution >= 0.6 is 11.6 Å². The molecule has 20 heavy (non-hydrogen) atoms. The summed E-state index contributed by atoms with van der Waals surface area (Å²) in [5.74, 6) is 1.33. The number of hydrogen-bond donors (Lipinski definition) is 1. The van der Waals surface area contributed by atoms with E-state index in [1.165, 1.54) is 6.07 Å². The molecule has 1 aromatic carbocycles. The van der Waals surface area contributed by atoms with E-state index in [0.717, 1.165) is 30.9 Å². The third-order valence-electron chi connectivity index (χ3n) is 3.18. The minimum absolute atomic E-state index is 0.280. The van der Waals surface area contributed by atoms with Gasteiger partial charge in [-0.25, -0.2) is 4.39 Å². The number of furan rings is 1. The first-order chi connectivity index (χ1) is 9.65. The third-order valence-corrected chi connectivity index (χ3v) is 3.42. The fourth-order valence-corrected chi connectivity index (χ4v) is 2.31. The quantitative estimate of drug-likeness (QED) is 0.834. The van der Waals surface area contributed by atoms with Crippen LogP contribution in [0.2, 0.25) is 5.02 Å². The summed E-state index contributed by atoms with van der Waals surface area (Å²) in [6.07, 6.45) is 1.78. The molecule has 1 heterocycles. The zero-order valence-corrected chi connectivity index (χ0v) is 12.5. The zero-order valence-electron chi connectivity index (χ0n) is 11.7. The maximum atomic E-state index is 14.1. The van der Waals surface area contributed by atoms with Gasteiger partial charge in [-0.2, -0.15) is 0 Å². The highest BCUT2D eigenvalue weighted by molar-refractivity contribution is 6.30. The average molecular weight is 296 g/mol. The predicted octanol–water partition coefficient (Wildman–Crippen LogP) is 4.72. The van der Waals surface area contributed by atoms with Gasteiger partial charge in [0.1, 0.15) is 17.3 Å². The van der Waals surface area contributed by atoms with Crippen LogP contribution in [0, 0.1) is 5.82 Å². The topological polar surface area (TPSA) is 25.2 Å². The first kappa shape index (κ1) is 15.1. The van der Waals surface area contributed by atoms with Crippen LogP contribution in [-0.2, 0) is 6.42 Å². The van der Waals surface area contributed by atoms with Crippen molar-refractivity contribution in [3.63, 3.8) is 0 Å². The van der Waals surface area contributed by atoms with Crippen molar-refractivity contribution in [1.82, 2.24) is 5.32 Å². The van der Waals surface area contributed by atoms with E-state index in [4.69, 9.17) is 16.0 Å². The molecule has 1 N–H and O–H groups in total. The van der Waals surface area contributed by atoms with Crippen LogP contribution in [0.3, 0.4) is 0 Å². The third kappa shape index (κ3) is 3.41. The number of nitrogens with one attached hydrogen (secondary N) is 1. The molecule has 4 heteroatoms. The maximum Gasteiger partial charge on any atom is 0.128 e. The van der Waals surface area contributed by atoms with Gasteiger partial charge in [0.25, 0.3) is 0 Å². The van der Waals surface area contributed by atoms with Gasteiger partial charge in [-0.05, 0) is 43.3 Å². The van der Waals surface area contributed by atoms with Crippen LogP contribution in [0.15, 0.2) is 34.7 Å². The Morgan fingerprint density at radius 3 is 2.70 bits per heavy atom. The molecule has 0 radical (unpaired) electrons. The average Bonchev–Trinajstić information content (AvgIpc) is 2.92. The maximum absolute atomic E-state index is 14.1. The zero-order chi connectivity index (χ0) is 14.5. The lowest BCUT2D eigenvalue weighted by Gasteiger charge is -2.18. The van der Waals surface area contributed by atoms with Crippen molar-refractivity contribution in [3.8, 4) is 0 Å². The van der Waals surface area contributed by atoms with Crippen molar-refractivity contribution >= 4 is 11.6 Å². The van der Waals surface area contributed by atoms with Crippen molar-refractivity contribution in [2.24, 2.45) is 0 Å². The highest BCUT2D eigenvalue weighted by atomic mass is 35.5. The highest BCUT2D eigenvalue weighted by Gasteiger charge is 2.21. The van der Waals surface area contributed by atoms with Crippen LogP contribution in [-0.4, -0.2) is 6.54 Å². The van der Waals surface area contributed by atoms with Gasteiger partial charge in [0.15, 0.2) is 0 Å². The van der Waals surface area contributed by atoms with Gasteiger partial charge in [0, 0.05) is 17.0 Å². The first-order valence-corrected chi connectivity index (χ1v) is 7.30. The van der Waals surface area contributed by atoms with E-state index in [-0.39, 0.29) is 11.9 Å². The molecular formula is C16H19ClFNO. The Morgan fingerprint density at radius 2 is 2.05 bits per heavy atom. The van der Waals surface area contributed by atoms with Crippen LogP contribution < -0.4 is 5.32 Å². The number of aryl methyl sites for hydroxylation is 1. The monoisotopic (exact) mass is 295 g/mol. The van der Waals surface area contributed by atoms with Gasteiger partial charge in [0.05, 0.1) is 6.04 Å². The minimum Gasteiger partial charge on any atom is -0.464 e. The Labute approximate surface area is 123 Å². The number of benzene rings is 1. The molecule has 108 valence electrons. The Bertz CT molecular complexity index is 567. The summed E-state index contributed by atoms with van der Waals surface area (Å²) >= 11 is 5.99. The van der Waals surface area contributed by atoms with E-state index < -0.39 is 0 Å². The molecule has 0 aliphatic rings. The van der Waals surface area contributed by atoms with Crippen LogP contribution in [0.25, 0.3) is 0 Å². The molecular weight excluding hydrogens is 277 g/mol. The van der Waals surface area contributed by atoms with Crippen molar-refractivity contribution in [3.05, 3.63) is 58.3 Å². The molecule has 0 saturated carbocycles. The van der Waals surface area contributed by atoms with Gasteiger partial charge in [0.2, 0.25) is 0 Å². The molecule has 0 saturated heterocycles. The molecule has 0 aliphatic heterocycles. The number of rotatable bonds is 6. The Hall–Kier alpha value is -1.32. The summed E-state index contributed by atoms with van der Waals surface area (Å²) in [5, 5.41) is 3.84. The van der Waals surface area contributed by atoms with Crippen molar-refractivity contribution in [1.29, 1.82) is 0 Å². The first-order valence-electron chi connectivity index (χ1n) is 6.92. The van der Waals surface area contributed by atoms with Gasteiger partial charge >= 0.3 is 0 Å². The smallest absolute Gasteiger partial charge is 0.128 e. The van der Waals surface area contributed by atoms with Gasteiger partial charge < -0.3 is 9.73 Å². The van der Waals surface area contributed by atoms with Crippen molar-refractivity contribution < 1.29 is 8.81 Å². The molecule has 0 spiro atoms. The molecule has 2 nitrogen and oxygen atoms in total. The molecule has 1 atom stereocenters. The second-order valence-corrected chi connectivity index (χ2v) is 5.15. The molecule has 0 aliphatic carbocycles. The summed E-state index contributed by atoms with van der Waals surface area (Å²) in [6.45, 7) is 4.87. The number of halogens is 2. The second kappa shape index (κ2) is 6.91. The lowest BCUT2D eigenvalue weighted by Crippen LogP contribution is -2.23. The molecule has 2 aromatic rings. The van der Waals surface area contributed by atoms with Gasteiger partial charge in [-0.3, -0.25) is 0 Å². The van der Waals surface area contributed by atoms with Gasteiger partial charge in [-0.1, -0.05) is 25.4 Å². The van der Waals surface area contributed by atoms with Crippen molar-refractivity contribution in [2.45, 2.75) is 32.7 Å². The summed E-state index contributed by atoms with van der Waals surface area (Å²) in [4.78, 5) is 0. The normalized spacial score (nSPS) is 12.6. The van der Waals surface area contributed by atoms with Crippen LogP contribution in [0.1, 0.15) is 43.4 Å². The Morgan fingerprint density at radius 1 is 1.25 bits per heavy atom. The Kier molecular flexibility index (Phi) is 5.21. The molecule has 2 rings (SSSR count). The standard InChI is InChI=1S/C16H19ClFNO/c1-3-9-19-16(15-8-6-12(4-2)20-15)13-10-11(17)5-7-14(13)18/h5-8,10,16,19H,3-4,9H2,1-2H3. The van der Waals surface area contributed by atoms with Crippen LogP contribution in [0.4, 0.5) is 4.39 Å². The minimum atomic E-state index is -0.311. The summed E-state index contributed by atoms with van der Waals surface area (Å²) in [7, 11) is 0. The van der Waals surface area contributed by atoms with E-state index in [0.29, 0.717) is 10.6 Å². The fraction of sp³-hybridized carbons (Fsp3) is 0.375. The summed E-state index contributed by atoms with van der Waals surface area (Å²) < 4.78 is 19.9. The summed E-state index contributed by atoms with van der Waals surface area (Å²) in [5.41, 5.74) is 0.517. The lowest BCUT2D eigenvalue weighted by molar-refractivity contribution is 0.414. The van der Waals surface area contributed by atoms with E-state index in [9.17, 15) is 4.39 Å². The SMILES string of the molecule is CCCNC(c1ccc(CC)o1)c1cc(Cl)ccc1F. The highest BCUT2D eigenvalue weighted by Crippen LogP contribution is 2.28. The van der Waals surface area contributed by atoms with E-state index in [1.54, 1.807) is 12.1 Å². The predicted molar refractivity (Wildman–Crippen MR) is 79.6 cm³/mol. The lowest BCUT2D eigenvalue weighted by atomic mass is 10.0. The van der Waals surface area contributed by atoms with E-state index in [1.807, 2.05) is 19.1 Å². The number of hydrogen-bond acceptors (Lipinski definition) is 2. The largest absolute Gasteiger partial charge is 0.464 e. The molecule has 1 unspecified atom stereocenters. The Balaban J connectivity index is 2.38. The fourth-order valence-electron chi connectivity index (χ4n) is 2.13. The van der Waals surface area contributed by atoms with Gasteiger partial charge in [-0.15, -0.1) is 0 Å². The van der Waals surface area contributed by atoms with Crippen molar-refractivity contribution in [2.75, 3.05) is 6.54 Å². The second-order valence-electron chi connectivity index (χ2n) is 4.71. The van der Waals surface area contributed by atoms with E-state index in [2.05, 4.69) is 12.2 Å². The molecule has 0 fully saturated rings.